The highest BCUT2D eigenvalue weighted by atomic mass is 35.5. The first-order chi connectivity index (χ1) is 12.0. The van der Waals surface area contributed by atoms with Crippen LogP contribution in [0.1, 0.15) is 6.42 Å². The third kappa shape index (κ3) is 4.29. The van der Waals surface area contributed by atoms with Crippen LogP contribution in [-0.2, 0) is 9.59 Å². The normalized spacial score (nSPS) is 13.6. The van der Waals surface area contributed by atoms with E-state index in [-0.39, 0.29) is 24.8 Å². The zero-order chi connectivity index (χ0) is 17.8. The Bertz CT molecular complexity index is 840. The van der Waals surface area contributed by atoms with Gasteiger partial charge in [-0.1, -0.05) is 41.4 Å². The van der Waals surface area contributed by atoms with Gasteiger partial charge in [0.15, 0.2) is 6.61 Å². The fourth-order valence-corrected chi connectivity index (χ4v) is 2.67. The van der Waals surface area contributed by atoms with Crippen LogP contribution in [0.25, 0.3) is 0 Å². The highest BCUT2D eigenvalue weighted by Gasteiger charge is 2.26. The van der Waals surface area contributed by atoms with E-state index in [1.807, 2.05) is 6.07 Å². The van der Waals surface area contributed by atoms with Gasteiger partial charge in [-0.2, -0.15) is 10.1 Å². The van der Waals surface area contributed by atoms with Gasteiger partial charge >= 0.3 is 0 Å². The quantitative estimate of drug-likeness (QED) is 0.888. The topological polar surface area (TPSA) is 71.0 Å². The van der Waals surface area contributed by atoms with Crippen LogP contribution in [-0.4, -0.2) is 24.3 Å². The first-order valence-corrected chi connectivity index (χ1v) is 8.12. The Morgan fingerprint density at radius 3 is 2.68 bits per heavy atom. The summed E-state index contributed by atoms with van der Waals surface area (Å²) < 4.78 is 5.35. The van der Waals surface area contributed by atoms with E-state index in [2.05, 4.69) is 10.4 Å². The molecule has 0 saturated carbocycles. The zero-order valence-electron chi connectivity index (χ0n) is 12.9. The van der Waals surface area contributed by atoms with Gasteiger partial charge in [-0.05, 0) is 30.3 Å². The number of carbonyl (C=O) groups is 2. The fraction of sp³-hybridized carbons (Fsp3) is 0.118. The number of nitrogens with zero attached hydrogens (tertiary/aromatic N) is 2. The van der Waals surface area contributed by atoms with Crippen LogP contribution in [0.5, 0.6) is 5.75 Å². The summed E-state index contributed by atoms with van der Waals surface area (Å²) >= 11 is 11.8. The molecule has 0 unspecified atom stereocenters. The highest BCUT2D eigenvalue weighted by molar-refractivity contribution is 6.35. The number of ether oxygens (including phenoxy) is 1. The van der Waals surface area contributed by atoms with Crippen LogP contribution in [0.3, 0.4) is 0 Å². The van der Waals surface area contributed by atoms with Gasteiger partial charge in [-0.3, -0.25) is 9.59 Å². The zero-order valence-corrected chi connectivity index (χ0v) is 14.4. The summed E-state index contributed by atoms with van der Waals surface area (Å²) in [6, 6.07) is 13.7. The number of nitrogens with one attached hydrogen (secondary N) is 1. The van der Waals surface area contributed by atoms with Gasteiger partial charge in [0.05, 0.1) is 17.1 Å². The number of rotatable bonds is 4. The molecular weight excluding hydrogens is 365 g/mol. The molecule has 0 radical (unpaired) electrons. The van der Waals surface area contributed by atoms with Crippen LogP contribution < -0.4 is 15.1 Å². The summed E-state index contributed by atoms with van der Waals surface area (Å²) in [4.78, 5) is 24.0. The second-order valence-electron chi connectivity index (χ2n) is 5.18. The van der Waals surface area contributed by atoms with Gasteiger partial charge in [0, 0.05) is 5.02 Å². The molecule has 1 aliphatic heterocycles. The number of anilines is 1. The monoisotopic (exact) mass is 377 g/mol. The molecule has 25 heavy (non-hydrogen) atoms. The summed E-state index contributed by atoms with van der Waals surface area (Å²) in [5, 5.41) is 8.74. The number of amidine groups is 1. The summed E-state index contributed by atoms with van der Waals surface area (Å²) in [5.74, 6) is -0.0446. The van der Waals surface area contributed by atoms with Crippen molar-refractivity contribution in [1.29, 1.82) is 0 Å². The number of carbonyl (C=O) groups excluding carboxylic acids is 2. The first kappa shape index (κ1) is 17.3. The van der Waals surface area contributed by atoms with E-state index in [1.165, 1.54) is 11.1 Å². The Balaban J connectivity index is 1.59. The van der Waals surface area contributed by atoms with Crippen molar-refractivity contribution in [3.63, 3.8) is 0 Å². The second kappa shape index (κ2) is 7.55. The lowest BCUT2D eigenvalue weighted by molar-refractivity contribution is -0.121. The summed E-state index contributed by atoms with van der Waals surface area (Å²) in [5.41, 5.74) is 0.640. The lowest BCUT2D eigenvalue weighted by Crippen LogP contribution is -2.33. The molecule has 6 nitrogen and oxygen atoms in total. The molecule has 128 valence electrons. The third-order valence-electron chi connectivity index (χ3n) is 3.31. The number of hydrogen-bond acceptors (Lipinski definition) is 4. The van der Waals surface area contributed by atoms with Crippen LogP contribution in [0.2, 0.25) is 10.0 Å². The Hall–Kier alpha value is -2.57. The van der Waals surface area contributed by atoms with E-state index in [1.54, 1.807) is 36.4 Å². The molecule has 0 fully saturated rings. The predicted octanol–water partition coefficient (Wildman–Crippen LogP) is 3.24. The number of hydrazone groups is 1. The molecule has 3 rings (SSSR count). The molecule has 1 aliphatic rings. The Morgan fingerprint density at radius 1 is 1.20 bits per heavy atom. The van der Waals surface area contributed by atoms with E-state index < -0.39 is 5.91 Å². The van der Waals surface area contributed by atoms with Crippen molar-refractivity contribution in [3.05, 3.63) is 58.6 Å². The van der Waals surface area contributed by atoms with Crippen molar-refractivity contribution in [3.8, 4) is 5.75 Å². The van der Waals surface area contributed by atoms with E-state index in [0.29, 0.717) is 21.5 Å². The number of amides is 2. The van der Waals surface area contributed by atoms with Gasteiger partial charge in [0.25, 0.3) is 11.8 Å². The van der Waals surface area contributed by atoms with Crippen LogP contribution in [0.15, 0.2) is 53.6 Å². The number of para-hydroxylation sites is 1. The lowest BCUT2D eigenvalue weighted by atomic mass is 10.3. The van der Waals surface area contributed by atoms with Gasteiger partial charge in [0.2, 0.25) is 0 Å². The molecule has 0 aromatic heterocycles. The molecule has 1 N–H and O–H groups in total. The summed E-state index contributed by atoms with van der Waals surface area (Å²) in [7, 11) is 0. The number of halogens is 2. The van der Waals surface area contributed by atoms with Crippen molar-refractivity contribution < 1.29 is 14.3 Å². The maximum absolute atomic E-state index is 12.0. The smallest absolute Gasteiger partial charge is 0.263 e. The molecule has 2 aromatic carbocycles. The maximum Gasteiger partial charge on any atom is 0.263 e. The number of benzene rings is 2. The van der Waals surface area contributed by atoms with Gasteiger partial charge in [0.1, 0.15) is 11.6 Å². The van der Waals surface area contributed by atoms with Crippen molar-refractivity contribution in [2.24, 2.45) is 5.10 Å². The van der Waals surface area contributed by atoms with Gasteiger partial charge in [-0.15, -0.1) is 0 Å². The molecule has 2 amide bonds. The van der Waals surface area contributed by atoms with Crippen LogP contribution >= 0.6 is 23.2 Å². The molecule has 0 atom stereocenters. The second-order valence-corrected chi connectivity index (χ2v) is 6.02. The SMILES string of the molecule is O=C(COc1ccc(Cl)cc1Cl)NC1=NN(c2ccccc2)C(=O)C1. The fourth-order valence-electron chi connectivity index (χ4n) is 2.20. The van der Waals surface area contributed by atoms with Crippen molar-refractivity contribution in [2.75, 3.05) is 11.6 Å². The van der Waals surface area contributed by atoms with Gasteiger partial charge < -0.3 is 10.1 Å². The minimum atomic E-state index is -0.438. The lowest BCUT2D eigenvalue weighted by Gasteiger charge is -2.10. The molecule has 1 heterocycles. The van der Waals surface area contributed by atoms with Crippen molar-refractivity contribution in [1.82, 2.24) is 5.32 Å². The molecule has 0 spiro atoms. The molecule has 8 heteroatoms. The van der Waals surface area contributed by atoms with Crippen LogP contribution in [0, 0.1) is 0 Å². The number of hydrogen-bond donors (Lipinski definition) is 1. The average Bonchev–Trinajstić information content (AvgIpc) is 2.95. The summed E-state index contributed by atoms with van der Waals surface area (Å²) in [6.45, 7) is -0.264. The Kier molecular flexibility index (Phi) is 5.21. The van der Waals surface area contributed by atoms with Crippen molar-refractivity contribution >= 4 is 46.5 Å². The molecular formula is C17H13Cl2N3O3. The Morgan fingerprint density at radius 2 is 1.96 bits per heavy atom. The average molecular weight is 378 g/mol. The third-order valence-corrected chi connectivity index (χ3v) is 3.84. The minimum Gasteiger partial charge on any atom is -0.482 e. The predicted molar refractivity (Wildman–Crippen MR) is 96.1 cm³/mol. The first-order valence-electron chi connectivity index (χ1n) is 7.36. The molecule has 0 aliphatic carbocycles. The maximum atomic E-state index is 12.0. The molecule has 0 bridgehead atoms. The summed E-state index contributed by atoms with van der Waals surface area (Å²) in [6.07, 6.45) is 0.0162. The van der Waals surface area contributed by atoms with E-state index in [9.17, 15) is 9.59 Å². The standard InChI is InChI=1S/C17H13Cl2N3O3/c18-11-6-7-14(13(19)8-11)25-10-16(23)20-15-9-17(24)22(21-15)12-4-2-1-3-5-12/h1-8H,9-10H2,(H,20,21,23). The largest absolute Gasteiger partial charge is 0.482 e. The van der Waals surface area contributed by atoms with Crippen molar-refractivity contribution in [2.45, 2.75) is 6.42 Å². The van der Waals surface area contributed by atoms with E-state index in [4.69, 9.17) is 27.9 Å². The molecule has 2 aromatic rings. The van der Waals surface area contributed by atoms with E-state index >= 15 is 0 Å². The highest BCUT2D eigenvalue weighted by Crippen LogP contribution is 2.27. The van der Waals surface area contributed by atoms with E-state index in [0.717, 1.165) is 0 Å². The minimum absolute atomic E-state index is 0.0162. The molecule has 0 saturated heterocycles. The van der Waals surface area contributed by atoms with Crippen LogP contribution in [0.4, 0.5) is 5.69 Å². The van der Waals surface area contributed by atoms with Gasteiger partial charge in [-0.25, -0.2) is 0 Å². The Labute approximate surface area is 154 Å².